The van der Waals surface area contributed by atoms with Gasteiger partial charge in [0.1, 0.15) is 17.4 Å². The average molecular weight is 351 g/mol. The third-order valence-corrected chi connectivity index (χ3v) is 5.36. The normalized spacial score (nSPS) is 20.0. The Kier molecular flexibility index (Phi) is 6.20. The van der Waals surface area contributed by atoms with Crippen molar-refractivity contribution in [1.82, 2.24) is 0 Å². The first-order valence-electron chi connectivity index (χ1n) is 9.11. The number of benzene rings is 1. The Morgan fingerprint density at radius 2 is 1.79 bits per heavy atom. The second-order valence-electron chi connectivity index (χ2n) is 6.89. The van der Waals surface area contributed by atoms with Gasteiger partial charge in [0.15, 0.2) is 0 Å². The monoisotopic (exact) mass is 350 g/mol. The fraction of sp³-hybridized carbons (Fsp3) is 0.600. The molecular formula is C20H27ClO3. The molecule has 1 saturated heterocycles. The minimum atomic E-state index is -0.480. The summed E-state index contributed by atoms with van der Waals surface area (Å²) in [5, 5.41) is 12.3. The third kappa shape index (κ3) is 4.14. The number of halogens is 1. The summed E-state index contributed by atoms with van der Waals surface area (Å²) >= 11 is 6.02. The van der Waals surface area contributed by atoms with E-state index < -0.39 is 6.10 Å². The van der Waals surface area contributed by atoms with E-state index in [0.29, 0.717) is 10.9 Å². The van der Waals surface area contributed by atoms with Gasteiger partial charge in [-0.3, -0.25) is 0 Å². The molecule has 4 heteroatoms. The fourth-order valence-corrected chi connectivity index (χ4v) is 3.84. The molecule has 1 aliphatic carbocycles. The molecule has 1 saturated carbocycles. The van der Waals surface area contributed by atoms with Crippen molar-refractivity contribution in [2.45, 2.75) is 58.0 Å². The molecule has 24 heavy (non-hydrogen) atoms. The van der Waals surface area contributed by atoms with Gasteiger partial charge in [0, 0.05) is 29.2 Å². The lowest BCUT2D eigenvalue weighted by Gasteiger charge is -2.25. The Morgan fingerprint density at radius 1 is 1.08 bits per heavy atom. The maximum atomic E-state index is 10.6. The highest BCUT2D eigenvalue weighted by Crippen LogP contribution is 2.39. The molecule has 1 atom stereocenters. The van der Waals surface area contributed by atoms with Crippen LogP contribution in [0.25, 0.3) is 11.0 Å². The molecule has 2 aromatic rings. The summed E-state index contributed by atoms with van der Waals surface area (Å²) in [5.74, 6) is 1.06. The van der Waals surface area contributed by atoms with E-state index in [1.54, 1.807) is 0 Å². The molecule has 2 aliphatic rings. The molecule has 0 radical (unpaired) electrons. The predicted molar refractivity (Wildman–Crippen MR) is 97.5 cm³/mol. The van der Waals surface area contributed by atoms with Crippen LogP contribution in [-0.2, 0) is 4.74 Å². The first-order chi connectivity index (χ1) is 11.7. The SMILES string of the molecule is C1CCOC1.Cc1c(C(O)C2CCCCC2)oc2ccc(Cl)cc12. The third-order valence-electron chi connectivity index (χ3n) is 5.13. The highest BCUT2D eigenvalue weighted by molar-refractivity contribution is 6.31. The lowest BCUT2D eigenvalue weighted by Crippen LogP contribution is -2.16. The largest absolute Gasteiger partial charge is 0.458 e. The molecule has 0 spiro atoms. The van der Waals surface area contributed by atoms with Gasteiger partial charge in [0.05, 0.1) is 0 Å². The predicted octanol–water partition coefficient (Wildman–Crippen LogP) is 5.81. The van der Waals surface area contributed by atoms with Gasteiger partial charge < -0.3 is 14.3 Å². The van der Waals surface area contributed by atoms with Gasteiger partial charge in [-0.15, -0.1) is 0 Å². The van der Waals surface area contributed by atoms with Crippen molar-refractivity contribution < 1.29 is 14.3 Å². The topological polar surface area (TPSA) is 42.6 Å². The first kappa shape index (κ1) is 17.8. The molecule has 2 fully saturated rings. The fourth-order valence-electron chi connectivity index (χ4n) is 3.67. The summed E-state index contributed by atoms with van der Waals surface area (Å²) in [6.45, 7) is 4.00. The Morgan fingerprint density at radius 3 is 2.42 bits per heavy atom. The molecule has 132 valence electrons. The van der Waals surface area contributed by atoms with Crippen LogP contribution in [0.1, 0.15) is 62.4 Å². The number of aliphatic hydroxyl groups excluding tert-OH is 1. The number of hydrogen-bond acceptors (Lipinski definition) is 3. The number of furan rings is 1. The molecular weight excluding hydrogens is 324 g/mol. The Balaban J connectivity index is 0.000000290. The van der Waals surface area contributed by atoms with Crippen molar-refractivity contribution in [1.29, 1.82) is 0 Å². The lowest BCUT2D eigenvalue weighted by atomic mass is 9.84. The van der Waals surface area contributed by atoms with Gasteiger partial charge in [0.25, 0.3) is 0 Å². The first-order valence-corrected chi connectivity index (χ1v) is 9.49. The molecule has 4 rings (SSSR count). The minimum Gasteiger partial charge on any atom is -0.458 e. The molecule has 1 aromatic carbocycles. The van der Waals surface area contributed by atoms with Crippen LogP contribution in [0.3, 0.4) is 0 Å². The standard InChI is InChI=1S/C16H19ClO2.C4H8O/c1-10-13-9-12(17)7-8-14(13)19-16(10)15(18)11-5-3-2-4-6-11;1-2-4-5-3-1/h7-9,11,15,18H,2-6H2,1H3;1-4H2. The number of fused-ring (bicyclic) bond motifs is 1. The van der Waals surface area contributed by atoms with E-state index in [1.807, 2.05) is 25.1 Å². The quantitative estimate of drug-likeness (QED) is 0.743. The van der Waals surface area contributed by atoms with E-state index in [4.69, 9.17) is 20.8 Å². The highest BCUT2D eigenvalue weighted by atomic mass is 35.5. The van der Waals surface area contributed by atoms with Crippen LogP contribution in [0.5, 0.6) is 0 Å². The molecule has 0 amide bonds. The van der Waals surface area contributed by atoms with Crippen LogP contribution >= 0.6 is 11.6 Å². The number of rotatable bonds is 2. The van der Waals surface area contributed by atoms with Gasteiger partial charge in [0.2, 0.25) is 0 Å². The number of aryl methyl sites for hydroxylation is 1. The van der Waals surface area contributed by atoms with E-state index in [-0.39, 0.29) is 0 Å². The van der Waals surface area contributed by atoms with Crippen molar-refractivity contribution >= 4 is 22.6 Å². The second-order valence-corrected chi connectivity index (χ2v) is 7.33. The van der Waals surface area contributed by atoms with Gasteiger partial charge in [-0.25, -0.2) is 0 Å². The number of aliphatic hydroxyl groups is 1. The smallest absolute Gasteiger partial charge is 0.136 e. The van der Waals surface area contributed by atoms with Crippen LogP contribution in [0.15, 0.2) is 22.6 Å². The summed E-state index contributed by atoms with van der Waals surface area (Å²) in [4.78, 5) is 0. The Hall–Kier alpha value is -1.03. The Labute approximate surface area is 148 Å². The summed E-state index contributed by atoms with van der Waals surface area (Å²) in [7, 11) is 0. The van der Waals surface area contributed by atoms with E-state index in [1.165, 1.54) is 32.1 Å². The van der Waals surface area contributed by atoms with Crippen molar-refractivity contribution in [2.75, 3.05) is 13.2 Å². The van der Waals surface area contributed by atoms with Crippen molar-refractivity contribution in [3.05, 3.63) is 34.5 Å². The lowest BCUT2D eigenvalue weighted by molar-refractivity contribution is 0.0661. The summed E-state index contributed by atoms with van der Waals surface area (Å²) < 4.78 is 10.8. The zero-order valence-electron chi connectivity index (χ0n) is 14.4. The Bertz CT molecular complexity index is 647. The maximum absolute atomic E-state index is 10.6. The second kappa shape index (κ2) is 8.37. The van der Waals surface area contributed by atoms with Crippen LogP contribution in [-0.4, -0.2) is 18.3 Å². The van der Waals surface area contributed by atoms with Gasteiger partial charge in [-0.1, -0.05) is 30.9 Å². The maximum Gasteiger partial charge on any atom is 0.136 e. The van der Waals surface area contributed by atoms with Gasteiger partial charge in [-0.2, -0.15) is 0 Å². The molecule has 3 nitrogen and oxygen atoms in total. The van der Waals surface area contributed by atoms with E-state index in [0.717, 1.165) is 48.3 Å². The summed E-state index contributed by atoms with van der Waals surface area (Å²) in [6.07, 6.45) is 7.99. The van der Waals surface area contributed by atoms with Crippen LogP contribution < -0.4 is 0 Å². The molecule has 1 aliphatic heterocycles. The molecule has 1 aromatic heterocycles. The zero-order chi connectivity index (χ0) is 16.9. The van der Waals surface area contributed by atoms with E-state index >= 15 is 0 Å². The molecule has 0 bridgehead atoms. The molecule has 1 unspecified atom stereocenters. The molecule has 1 N–H and O–H groups in total. The van der Waals surface area contributed by atoms with Gasteiger partial charge in [-0.05, 0) is 56.7 Å². The number of hydrogen-bond donors (Lipinski definition) is 1. The summed E-state index contributed by atoms with van der Waals surface area (Å²) in [6, 6.07) is 5.61. The number of ether oxygens (including phenoxy) is 1. The zero-order valence-corrected chi connectivity index (χ0v) is 15.1. The van der Waals surface area contributed by atoms with Crippen LogP contribution in [0.2, 0.25) is 5.02 Å². The van der Waals surface area contributed by atoms with Crippen LogP contribution in [0.4, 0.5) is 0 Å². The van der Waals surface area contributed by atoms with Crippen molar-refractivity contribution in [3.63, 3.8) is 0 Å². The van der Waals surface area contributed by atoms with Crippen LogP contribution in [0, 0.1) is 12.8 Å². The molecule has 2 heterocycles. The van der Waals surface area contributed by atoms with Crippen molar-refractivity contribution in [3.8, 4) is 0 Å². The van der Waals surface area contributed by atoms with Gasteiger partial charge >= 0.3 is 0 Å². The van der Waals surface area contributed by atoms with E-state index in [9.17, 15) is 5.11 Å². The average Bonchev–Trinajstić information content (AvgIpc) is 3.28. The summed E-state index contributed by atoms with van der Waals surface area (Å²) in [5.41, 5.74) is 1.84. The minimum absolute atomic E-state index is 0.337. The van der Waals surface area contributed by atoms with E-state index in [2.05, 4.69) is 0 Å². The highest BCUT2D eigenvalue weighted by Gasteiger charge is 2.27. The van der Waals surface area contributed by atoms with Crippen molar-refractivity contribution in [2.24, 2.45) is 5.92 Å².